The maximum absolute atomic E-state index is 12.2. The zero-order chi connectivity index (χ0) is 15.6. The van der Waals surface area contributed by atoms with Gasteiger partial charge in [-0.1, -0.05) is 12.1 Å². The third kappa shape index (κ3) is 3.95. The van der Waals surface area contributed by atoms with E-state index in [0.29, 0.717) is 26.2 Å². The van der Waals surface area contributed by atoms with Gasteiger partial charge in [0.05, 0.1) is 6.26 Å². The highest BCUT2D eigenvalue weighted by atomic mass is 32.2. The van der Waals surface area contributed by atoms with Gasteiger partial charge in [-0.3, -0.25) is 0 Å². The Morgan fingerprint density at radius 2 is 1.76 bits per heavy atom. The van der Waals surface area contributed by atoms with Gasteiger partial charge in [-0.05, 0) is 31.0 Å². The second-order valence-electron chi connectivity index (χ2n) is 5.40. The van der Waals surface area contributed by atoms with Gasteiger partial charge in [0.1, 0.15) is 0 Å². The van der Waals surface area contributed by atoms with Crippen LogP contribution in [0.1, 0.15) is 11.1 Å². The second kappa shape index (κ2) is 6.03. The number of nitrogens with zero attached hydrogens (tertiary/aromatic N) is 2. The minimum Gasteiger partial charge on any atom is -0.322 e. The monoisotopic (exact) mass is 311 g/mol. The number of hydrogen-bond donors (Lipinski definition) is 1. The predicted molar refractivity (Wildman–Crippen MR) is 82.9 cm³/mol. The summed E-state index contributed by atoms with van der Waals surface area (Å²) in [6, 6.07) is 5.71. The minimum absolute atomic E-state index is 0.183. The van der Waals surface area contributed by atoms with Gasteiger partial charge in [-0.25, -0.2) is 13.2 Å². The van der Waals surface area contributed by atoms with E-state index in [-0.39, 0.29) is 6.03 Å². The van der Waals surface area contributed by atoms with Gasteiger partial charge in [0, 0.05) is 31.9 Å². The molecule has 21 heavy (non-hydrogen) atoms. The van der Waals surface area contributed by atoms with E-state index in [1.165, 1.54) is 10.6 Å². The number of benzene rings is 1. The second-order valence-corrected chi connectivity index (χ2v) is 7.38. The number of aryl methyl sites for hydroxylation is 2. The smallest absolute Gasteiger partial charge is 0.321 e. The number of rotatable bonds is 2. The number of nitrogens with one attached hydrogen (secondary N) is 1. The minimum atomic E-state index is -3.17. The Morgan fingerprint density at radius 1 is 1.14 bits per heavy atom. The van der Waals surface area contributed by atoms with E-state index in [0.717, 1.165) is 16.8 Å². The average molecular weight is 311 g/mol. The molecule has 2 rings (SSSR count). The van der Waals surface area contributed by atoms with E-state index < -0.39 is 10.0 Å². The van der Waals surface area contributed by atoms with Crippen molar-refractivity contribution in [1.29, 1.82) is 0 Å². The van der Waals surface area contributed by atoms with Gasteiger partial charge in [-0.15, -0.1) is 0 Å². The average Bonchev–Trinajstić information content (AvgIpc) is 2.42. The van der Waals surface area contributed by atoms with E-state index in [4.69, 9.17) is 0 Å². The Morgan fingerprint density at radius 3 is 2.33 bits per heavy atom. The highest BCUT2D eigenvalue weighted by molar-refractivity contribution is 7.88. The Labute approximate surface area is 125 Å². The van der Waals surface area contributed by atoms with Crippen LogP contribution < -0.4 is 5.32 Å². The van der Waals surface area contributed by atoms with Crippen LogP contribution in [0.5, 0.6) is 0 Å². The highest BCUT2D eigenvalue weighted by Gasteiger charge is 2.26. The molecule has 0 radical (unpaired) electrons. The molecule has 0 aromatic heterocycles. The molecule has 116 valence electrons. The predicted octanol–water partition coefficient (Wildman–Crippen LogP) is 1.41. The van der Waals surface area contributed by atoms with E-state index in [9.17, 15) is 13.2 Å². The zero-order valence-electron chi connectivity index (χ0n) is 12.6. The van der Waals surface area contributed by atoms with Crippen LogP contribution in [0.2, 0.25) is 0 Å². The SMILES string of the molecule is Cc1ccc(C)c(NC(=O)N2CCN(S(C)(=O)=O)CC2)c1. The van der Waals surface area contributed by atoms with Crippen molar-refractivity contribution in [3.05, 3.63) is 29.3 Å². The number of anilines is 1. The molecule has 1 saturated heterocycles. The summed E-state index contributed by atoms with van der Waals surface area (Å²) in [7, 11) is -3.17. The van der Waals surface area contributed by atoms with E-state index in [2.05, 4.69) is 5.32 Å². The van der Waals surface area contributed by atoms with Crippen LogP contribution in [0.4, 0.5) is 10.5 Å². The molecule has 1 fully saturated rings. The molecule has 1 heterocycles. The molecule has 1 aliphatic heterocycles. The molecule has 1 N–H and O–H groups in total. The summed E-state index contributed by atoms with van der Waals surface area (Å²) in [6.07, 6.45) is 1.19. The van der Waals surface area contributed by atoms with Crippen molar-refractivity contribution >= 4 is 21.7 Å². The molecule has 1 aliphatic rings. The first-order valence-electron chi connectivity index (χ1n) is 6.85. The lowest BCUT2D eigenvalue weighted by atomic mass is 10.1. The summed E-state index contributed by atoms with van der Waals surface area (Å²) in [4.78, 5) is 13.9. The first-order valence-corrected chi connectivity index (χ1v) is 8.70. The third-order valence-corrected chi connectivity index (χ3v) is 4.93. The summed E-state index contributed by atoms with van der Waals surface area (Å²) in [5, 5.41) is 2.89. The van der Waals surface area contributed by atoms with Crippen LogP contribution in [0.3, 0.4) is 0 Å². The number of carbonyl (C=O) groups is 1. The largest absolute Gasteiger partial charge is 0.322 e. The number of hydrogen-bond acceptors (Lipinski definition) is 3. The standard InChI is InChI=1S/C14H21N3O3S/c1-11-4-5-12(2)13(10-11)15-14(18)16-6-8-17(9-7-16)21(3,19)20/h4-5,10H,6-9H2,1-3H3,(H,15,18). The molecule has 0 saturated carbocycles. The molecular weight excluding hydrogens is 290 g/mol. The van der Waals surface area contributed by atoms with Gasteiger partial charge in [-0.2, -0.15) is 4.31 Å². The number of piperazine rings is 1. The number of amides is 2. The van der Waals surface area contributed by atoms with Crippen molar-refractivity contribution in [1.82, 2.24) is 9.21 Å². The van der Waals surface area contributed by atoms with Crippen molar-refractivity contribution in [2.75, 3.05) is 37.8 Å². The van der Waals surface area contributed by atoms with Gasteiger partial charge < -0.3 is 10.2 Å². The Hall–Kier alpha value is -1.60. The quantitative estimate of drug-likeness (QED) is 0.898. The summed E-state index contributed by atoms with van der Waals surface area (Å²) >= 11 is 0. The molecule has 6 nitrogen and oxygen atoms in total. The highest BCUT2D eigenvalue weighted by Crippen LogP contribution is 2.17. The van der Waals surface area contributed by atoms with Crippen molar-refractivity contribution in [3.63, 3.8) is 0 Å². The Balaban J connectivity index is 1.98. The molecule has 0 aliphatic carbocycles. The fraction of sp³-hybridized carbons (Fsp3) is 0.500. The van der Waals surface area contributed by atoms with Crippen LogP contribution in [0.15, 0.2) is 18.2 Å². The molecular formula is C14H21N3O3S. The van der Waals surface area contributed by atoms with Crippen LogP contribution in [-0.4, -0.2) is 56.1 Å². The van der Waals surface area contributed by atoms with Crippen molar-refractivity contribution < 1.29 is 13.2 Å². The first-order chi connectivity index (χ1) is 9.77. The van der Waals surface area contributed by atoms with Crippen LogP contribution in [0.25, 0.3) is 0 Å². The number of carbonyl (C=O) groups excluding carboxylic acids is 1. The normalized spacial score (nSPS) is 16.8. The first kappa shape index (κ1) is 15.8. The zero-order valence-corrected chi connectivity index (χ0v) is 13.4. The molecule has 2 amide bonds. The van der Waals surface area contributed by atoms with Crippen LogP contribution in [-0.2, 0) is 10.0 Å². The molecule has 1 aromatic carbocycles. The summed E-state index contributed by atoms with van der Waals surface area (Å²) in [6.45, 7) is 5.42. The summed E-state index contributed by atoms with van der Waals surface area (Å²) < 4.78 is 24.3. The Kier molecular flexibility index (Phi) is 4.53. The number of urea groups is 1. The van der Waals surface area contributed by atoms with Crippen molar-refractivity contribution in [2.24, 2.45) is 0 Å². The summed E-state index contributed by atoms with van der Waals surface area (Å²) in [5.41, 5.74) is 2.88. The van der Waals surface area contributed by atoms with E-state index >= 15 is 0 Å². The molecule has 0 unspecified atom stereocenters. The van der Waals surface area contributed by atoms with Gasteiger partial charge in [0.25, 0.3) is 0 Å². The lowest BCUT2D eigenvalue weighted by Gasteiger charge is -2.33. The maximum atomic E-state index is 12.2. The molecule has 0 spiro atoms. The lowest BCUT2D eigenvalue weighted by molar-refractivity contribution is 0.184. The summed E-state index contributed by atoms with van der Waals surface area (Å²) in [5.74, 6) is 0. The van der Waals surface area contributed by atoms with Gasteiger partial charge in [0.2, 0.25) is 10.0 Å². The molecule has 0 atom stereocenters. The topological polar surface area (TPSA) is 69.7 Å². The fourth-order valence-electron chi connectivity index (χ4n) is 2.29. The van der Waals surface area contributed by atoms with Crippen LogP contribution >= 0.6 is 0 Å². The van der Waals surface area contributed by atoms with Crippen molar-refractivity contribution in [2.45, 2.75) is 13.8 Å². The molecule has 7 heteroatoms. The maximum Gasteiger partial charge on any atom is 0.321 e. The van der Waals surface area contributed by atoms with Crippen LogP contribution in [0, 0.1) is 13.8 Å². The Bertz CT molecular complexity index is 635. The van der Waals surface area contributed by atoms with Gasteiger partial charge >= 0.3 is 6.03 Å². The third-order valence-electron chi connectivity index (χ3n) is 3.63. The van der Waals surface area contributed by atoms with E-state index in [1.54, 1.807) is 4.90 Å². The fourth-order valence-corrected chi connectivity index (χ4v) is 3.11. The lowest BCUT2D eigenvalue weighted by Crippen LogP contribution is -2.51. The van der Waals surface area contributed by atoms with Gasteiger partial charge in [0.15, 0.2) is 0 Å². The number of sulfonamides is 1. The van der Waals surface area contributed by atoms with Crippen molar-refractivity contribution in [3.8, 4) is 0 Å². The molecule has 1 aromatic rings. The van der Waals surface area contributed by atoms with E-state index in [1.807, 2.05) is 32.0 Å². The molecule has 0 bridgehead atoms.